The SMILES string of the molecule is Cc1cc(C(=O)N2C[C@@H]3[C@H](C2)[C@@H]3N(C)c2nc(-c3ccncc3F)cc(=O)n2C)c(C)o1. The minimum absolute atomic E-state index is 0.00589. The van der Waals surface area contributed by atoms with E-state index in [1.165, 1.54) is 22.9 Å². The van der Waals surface area contributed by atoms with Crippen LogP contribution >= 0.6 is 0 Å². The molecule has 1 aliphatic carbocycles. The Hall–Kier alpha value is -3.49. The van der Waals surface area contributed by atoms with Crippen LogP contribution in [0.15, 0.2) is 39.8 Å². The first kappa shape index (κ1) is 20.4. The van der Waals surface area contributed by atoms with E-state index in [9.17, 15) is 14.0 Å². The van der Waals surface area contributed by atoms with E-state index in [0.717, 1.165) is 12.0 Å². The van der Waals surface area contributed by atoms with Crippen LogP contribution in [0.3, 0.4) is 0 Å². The van der Waals surface area contributed by atoms with Gasteiger partial charge in [-0.2, -0.15) is 0 Å². The van der Waals surface area contributed by atoms with Crippen molar-refractivity contribution in [2.45, 2.75) is 19.9 Å². The molecule has 0 spiro atoms. The van der Waals surface area contributed by atoms with Crippen LogP contribution in [0, 0.1) is 31.5 Å². The number of piperidine rings is 1. The molecule has 0 radical (unpaired) electrons. The van der Waals surface area contributed by atoms with Crippen molar-refractivity contribution < 1.29 is 13.6 Å². The summed E-state index contributed by atoms with van der Waals surface area (Å²) in [6, 6.07) is 4.80. The number of pyridine rings is 1. The molecule has 32 heavy (non-hydrogen) atoms. The fourth-order valence-electron chi connectivity index (χ4n) is 4.95. The van der Waals surface area contributed by atoms with Gasteiger partial charge in [-0.15, -0.1) is 0 Å². The Morgan fingerprint density at radius 2 is 1.97 bits per heavy atom. The monoisotopic (exact) mass is 437 g/mol. The Morgan fingerprint density at radius 3 is 2.59 bits per heavy atom. The molecule has 166 valence electrons. The number of carbonyl (C=O) groups excluding carboxylic acids is 1. The van der Waals surface area contributed by atoms with Gasteiger partial charge >= 0.3 is 0 Å². The van der Waals surface area contributed by atoms with E-state index < -0.39 is 5.82 Å². The lowest BCUT2D eigenvalue weighted by molar-refractivity contribution is 0.0771. The standard InChI is InChI=1S/C23H24FN5O3/c1-12-7-15(13(2)32-12)22(31)29-10-16-17(11-29)21(16)28(4)23-26-19(8-20(30)27(23)3)14-5-6-25-9-18(14)24/h5-9,16-17,21H,10-11H2,1-4H3/t16-,17+,21-. The summed E-state index contributed by atoms with van der Waals surface area (Å²) >= 11 is 0. The summed E-state index contributed by atoms with van der Waals surface area (Å²) in [5.74, 6) is 1.91. The van der Waals surface area contributed by atoms with Gasteiger partial charge in [-0.3, -0.25) is 19.1 Å². The molecule has 9 heteroatoms. The summed E-state index contributed by atoms with van der Waals surface area (Å²) in [4.78, 5) is 37.7. The quantitative estimate of drug-likeness (QED) is 0.623. The second kappa shape index (κ2) is 7.29. The van der Waals surface area contributed by atoms with Gasteiger partial charge in [0.05, 0.1) is 17.5 Å². The molecule has 0 aromatic carbocycles. The molecule has 1 saturated heterocycles. The van der Waals surface area contributed by atoms with Gasteiger partial charge < -0.3 is 14.2 Å². The van der Waals surface area contributed by atoms with Crippen molar-refractivity contribution in [3.63, 3.8) is 0 Å². The van der Waals surface area contributed by atoms with Crippen molar-refractivity contribution >= 4 is 11.9 Å². The van der Waals surface area contributed by atoms with E-state index in [0.29, 0.717) is 42.2 Å². The highest BCUT2D eigenvalue weighted by Gasteiger charge is 2.59. The maximum absolute atomic E-state index is 14.2. The van der Waals surface area contributed by atoms with E-state index in [1.807, 2.05) is 23.8 Å². The number of hydrogen-bond acceptors (Lipinski definition) is 6. The second-order valence-electron chi connectivity index (χ2n) is 8.66. The molecule has 3 aromatic rings. The third-order valence-electron chi connectivity index (χ3n) is 6.63. The number of aryl methyl sites for hydroxylation is 2. The molecule has 2 fully saturated rings. The molecule has 1 aliphatic heterocycles. The molecule has 3 atom stereocenters. The van der Waals surface area contributed by atoms with Gasteiger partial charge in [-0.1, -0.05) is 0 Å². The van der Waals surface area contributed by atoms with Gasteiger partial charge in [0, 0.05) is 62.9 Å². The van der Waals surface area contributed by atoms with Crippen molar-refractivity contribution in [3.8, 4) is 11.3 Å². The summed E-state index contributed by atoms with van der Waals surface area (Å²) in [5, 5.41) is 0. The zero-order valence-corrected chi connectivity index (χ0v) is 18.4. The predicted octanol–water partition coefficient (Wildman–Crippen LogP) is 2.40. The zero-order valence-electron chi connectivity index (χ0n) is 18.4. The minimum atomic E-state index is -0.524. The summed E-state index contributed by atoms with van der Waals surface area (Å²) in [6.07, 6.45) is 2.58. The topological polar surface area (TPSA) is 84.5 Å². The van der Waals surface area contributed by atoms with Gasteiger partial charge in [0.15, 0.2) is 5.82 Å². The highest BCUT2D eigenvalue weighted by Crippen LogP contribution is 2.49. The minimum Gasteiger partial charge on any atom is -0.466 e. The molecule has 0 unspecified atom stereocenters. The van der Waals surface area contributed by atoms with Crippen LogP contribution in [0.5, 0.6) is 0 Å². The number of halogens is 1. The Bertz CT molecular complexity index is 1270. The number of anilines is 1. The van der Waals surface area contributed by atoms with Gasteiger partial charge in [-0.25, -0.2) is 9.37 Å². The third kappa shape index (κ3) is 3.19. The molecule has 8 nitrogen and oxygen atoms in total. The number of furan rings is 1. The number of hydrogen-bond donors (Lipinski definition) is 0. The van der Waals surface area contributed by atoms with Crippen molar-refractivity contribution in [1.82, 2.24) is 19.4 Å². The summed E-state index contributed by atoms with van der Waals surface area (Å²) in [5.41, 5.74) is 0.875. The first-order chi connectivity index (χ1) is 15.3. The normalized spacial score (nSPS) is 21.5. The fourth-order valence-corrected chi connectivity index (χ4v) is 4.95. The van der Waals surface area contributed by atoms with Gasteiger partial charge in [0.2, 0.25) is 5.95 Å². The number of fused-ring (bicyclic) bond motifs is 1. The van der Waals surface area contributed by atoms with E-state index in [4.69, 9.17) is 4.42 Å². The number of aromatic nitrogens is 3. The molecule has 3 aromatic heterocycles. The maximum atomic E-state index is 14.2. The van der Waals surface area contributed by atoms with Crippen LogP contribution in [0.1, 0.15) is 21.9 Å². The molecule has 2 aliphatic rings. The van der Waals surface area contributed by atoms with Gasteiger partial charge in [0.25, 0.3) is 11.5 Å². The van der Waals surface area contributed by atoms with Gasteiger partial charge in [-0.05, 0) is 26.0 Å². The first-order valence-electron chi connectivity index (χ1n) is 10.5. The number of carbonyl (C=O) groups is 1. The Morgan fingerprint density at radius 1 is 1.25 bits per heavy atom. The molecule has 1 amide bonds. The van der Waals surface area contributed by atoms with Crippen molar-refractivity contribution in [3.05, 3.63) is 63.8 Å². The number of likely N-dealkylation sites (tertiary alicyclic amines) is 1. The third-order valence-corrected chi connectivity index (χ3v) is 6.63. The average Bonchev–Trinajstić information content (AvgIpc) is 3.06. The first-order valence-corrected chi connectivity index (χ1v) is 10.5. The molecular formula is C23H24FN5O3. The lowest BCUT2D eigenvalue weighted by atomic mass is 10.2. The summed E-state index contributed by atoms with van der Waals surface area (Å²) in [7, 11) is 3.55. The fraction of sp³-hybridized carbons (Fsp3) is 0.391. The molecule has 1 saturated carbocycles. The Kier molecular flexibility index (Phi) is 4.65. The number of nitrogens with zero attached hydrogens (tertiary/aromatic N) is 5. The van der Waals surface area contributed by atoms with Crippen LogP contribution in [-0.4, -0.2) is 51.5 Å². The van der Waals surface area contributed by atoms with Crippen LogP contribution in [0.4, 0.5) is 10.3 Å². The zero-order chi connectivity index (χ0) is 22.7. The largest absolute Gasteiger partial charge is 0.466 e. The van der Waals surface area contributed by atoms with Crippen molar-refractivity contribution in [1.29, 1.82) is 0 Å². The molecule has 5 rings (SSSR count). The van der Waals surface area contributed by atoms with Gasteiger partial charge in [0.1, 0.15) is 11.5 Å². The Labute approximate surface area is 184 Å². The van der Waals surface area contributed by atoms with E-state index in [-0.39, 0.29) is 28.8 Å². The second-order valence-corrected chi connectivity index (χ2v) is 8.66. The van der Waals surface area contributed by atoms with E-state index >= 15 is 0 Å². The van der Waals surface area contributed by atoms with Crippen LogP contribution in [0.2, 0.25) is 0 Å². The predicted molar refractivity (Wildman–Crippen MR) is 116 cm³/mol. The van der Waals surface area contributed by atoms with Crippen LogP contribution in [0.25, 0.3) is 11.3 Å². The maximum Gasteiger partial charge on any atom is 0.257 e. The van der Waals surface area contributed by atoms with Crippen LogP contribution < -0.4 is 10.5 Å². The summed E-state index contributed by atoms with van der Waals surface area (Å²) in [6.45, 7) is 4.93. The lowest BCUT2D eigenvalue weighted by Crippen LogP contribution is -2.38. The van der Waals surface area contributed by atoms with Crippen molar-refractivity contribution in [2.75, 3.05) is 25.0 Å². The van der Waals surface area contributed by atoms with Crippen molar-refractivity contribution in [2.24, 2.45) is 18.9 Å². The smallest absolute Gasteiger partial charge is 0.257 e. The van der Waals surface area contributed by atoms with Crippen LogP contribution in [-0.2, 0) is 7.05 Å². The highest BCUT2D eigenvalue weighted by atomic mass is 19.1. The Balaban J connectivity index is 1.35. The number of amides is 1. The molecular weight excluding hydrogens is 413 g/mol. The molecule has 4 heterocycles. The highest BCUT2D eigenvalue weighted by molar-refractivity contribution is 5.95. The van der Waals surface area contributed by atoms with E-state index in [2.05, 4.69) is 9.97 Å². The van der Waals surface area contributed by atoms with E-state index in [1.54, 1.807) is 20.0 Å². The number of rotatable bonds is 4. The average molecular weight is 437 g/mol. The summed E-state index contributed by atoms with van der Waals surface area (Å²) < 4.78 is 21.2. The molecule has 0 N–H and O–H groups in total. The molecule has 0 bridgehead atoms. The lowest BCUT2D eigenvalue weighted by Gasteiger charge is -2.26.